The highest BCUT2D eigenvalue weighted by molar-refractivity contribution is 4.84. The van der Waals surface area contributed by atoms with E-state index in [4.69, 9.17) is 0 Å². The highest BCUT2D eigenvalue weighted by Crippen LogP contribution is 2.31. The van der Waals surface area contributed by atoms with Crippen molar-refractivity contribution in [1.29, 1.82) is 0 Å². The van der Waals surface area contributed by atoms with Crippen molar-refractivity contribution in [2.45, 2.75) is 70.8 Å². The lowest BCUT2D eigenvalue weighted by atomic mass is 9.77. The van der Waals surface area contributed by atoms with Gasteiger partial charge in [-0.25, -0.2) is 0 Å². The van der Waals surface area contributed by atoms with Crippen LogP contribution < -0.4 is 5.32 Å². The molecule has 0 aliphatic heterocycles. The number of aliphatic hydroxyl groups excluding tert-OH is 1. The monoisotopic (exact) mass is 253 g/mol. The van der Waals surface area contributed by atoms with Crippen molar-refractivity contribution in [2.24, 2.45) is 17.8 Å². The second-order valence-corrected chi connectivity index (χ2v) is 6.71. The molecule has 0 unspecified atom stereocenters. The van der Waals surface area contributed by atoms with Gasteiger partial charge in [-0.15, -0.1) is 0 Å². The van der Waals surface area contributed by atoms with Crippen LogP contribution in [0, 0.1) is 17.8 Å². The predicted octanol–water partition coefficient (Wildman–Crippen LogP) is 3.34. The Kier molecular flexibility index (Phi) is 5.97. The molecule has 0 aromatic rings. The van der Waals surface area contributed by atoms with E-state index in [2.05, 4.69) is 12.2 Å². The minimum Gasteiger partial charge on any atom is -0.396 e. The molecular formula is C16H31NO. The molecule has 0 radical (unpaired) electrons. The minimum absolute atomic E-state index is 0.362. The fraction of sp³-hybridized carbons (Fsp3) is 1.00. The van der Waals surface area contributed by atoms with E-state index in [-0.39, 0.29) is 0 Å². The Morgan fingerprint density at radius 3 is 2.56 bits per heavy atom. The maximum atomic E-state index is 9.19. The molecule has 0 aromatic carbocycles. The molecule has 2 fully saturated rings. The summed E-state index contributed by atoms with van der Waals surface area (Å²) in [6.45, 7) is 3.96. The highest BCUT2D eigenvalue weighted by Gasteiger charge is 2.28. The second kappa shape index (κ2) is 7.49. The van der Waals surface area contributed by atoms with E-state index in [0.717, 1.165) is 24.2 Å². The molecule has 0 spiro atoms. The fourth-order valence-electron chi connectivity index (χ4n) is 3.91. The Morgan fingerprint density at radius 2 is 1.83 bits per heavy atom. The first-order valence-corrected chi connectivity index (χ1v) is 8.14. The van der Waals surface area contributed by atoms with Crippen LogP contribution in [0.25, 0.3) is 0 Å². The first kappa shape index (κ1) is 14.3. The van der Waals surface area contributed by atoms with Crippen molar-refractivity contribution in [3.05, 3.63) is 0 Å². The summed E-state index contributed by atoms with van der Waals surface area (Å²) in [5, 5.41) is 13.0. The third kappa shape index (κ3) is 4.24. The summed E-state index contributed by atoms with van der Waals surface area (Å²) < 4.78 is 0. The summed E-state index contributed by atoms with van der Waals surface area (Å²) in [6, 6.07) is 0.669. The maximum absolute atomic E-state index is 9.19. The van der Waals surface area contributed by atoms with Crippen LogP contribution in [0.1, 0.15) is 64.7 Å². The fourth-order valence-corrected chi connectivity index (χ4v) is 3.91. The summed E-state index contributed by atoms with van der Waals surface area (Å²) in [6.07, 6.45) is 12.2. The van der Waals surface area contributed by atoms with Crippen molar-refractivity contribution in [1.82, 2.24) is 5.32 Å². The van der Waals surface area contributed by atoms with Crippen molar-refractivity contribution < 1.29 is 5.11 Å². The van der Waals surface area contributed by atoms with Crippen molar-refractivity contribution in [3.63, 3.8) is 0 Å². The van der Waals surface area contributed by atoms with Crippen LogP contribution in [0.5, 0.6) is 0 Å². The molecule has 106 valence electrons. The molecule has 2 aliphatic rings. The molecule has 2 saturated carbocycles. The summed E-state index contributed by atoms with van der Waals surface area (Å²) in [7, 11) is 0. The SMILES string of the molecule is C[C@@H]1CC[C@@H](CCO)[C@H](NCC2CCCCC2)C1. The summed E-state index contributed by atoms with van der Waals surface area (Å²) in [4.78, 5) is 0. The van der Waals surface area contributed by atoms with Crippen molar-refractivity contribution in [2.75, 3.05) is 13.2 Å². The smallest absolute Gasteiger partial charge is 0.0434 e. The van der Waals surface area contributed by atoms with Gasteiger partial charge >= 0.3 is 0 Å². The van der Waals surface area contributed by atoms with Gasteiger partial charge < -0.3 is 10.4 Å². The van der Waals surface area contributed by atoms with Gasteiger partial charge in [0.2, 0.25) is 0 Å². The lowest BCUT2D eigenvalue weighted by Crippen LogP contribution is -2.43. The molecule has 0 amide bonds. The quantitative estimate of drug-likeness (QED) is 0.787. The summed E-state index contributed by atoms with van der Waals surface area (Å²) >= 11 is 0. The third-order valence-electron chi connectivity index (χ3n) is 5.15. The Bertz CT molecular complexity index is 225. The molecule has 0 heterocycles. The predicted molar refractivity (Wildman–Crippen MR) is 76.6 cm³/mol. The maximum Gasteiger partial charge on any atom is 0.0434 e. The average molecular weight is 253 g/mol. The van der Waals surface area contributed by atoms with Crippen molar-refractivity contribution >= 4 is 0 Å². The van der Waals surface area contributed by atoms with Crippen LogP contribution in [-0.2, 0) is 0 Å². The van der Waals surface area contributed by atoms with Gasteiger partial charge in [0.05, 0.1) is 0 Å². The van der Waals surface area contributed by atoms with E-state index in [1.807, 2.05) is 0 Å². The molecule has 0 bridgehead atoms. The number of nitrogens with one attached hydrogen (secondary N) is 1. The highest BCUT2D eigenvalue weighted by atomic mass is 16.3. The van der Waals surface area contributed by atoms with E-state index in [9.17, 15) is 5.11 Å². The Balaban J connectivity index is 1.76. The Hall–Kier alpha value is -0.0800. The average Bonchev–Trinajstić information content (AvgIpc) is 2.40. The van der Waals surface area contributed by atoms with Gasteiger partial charge in [0, 0.05) is 12.6 Å². The molecule has 0 saturated heterocycles. The Morgan fingerprint density at radius 1 is 1.06 bits per heavy atom. The first-order valence-electron chi connectivity index (χ1n) is 8.14. The standard InChI is InChI=1S/C16H31NO/c1-13-7-8-15(9-10-18)16(11-13)17-12-14-5-3-2-4-6-14/h13-18H,2-12H2,1H3/t13-,15+,16-/m1/s1. The zero-order valence-corrected chi connectivity index (χ0v) is 12.0. The van der Waals surface area contributed by atoms with Gasteiger partial charge in [-0.2, -0.15) is 0 Å². The number of rotatable bonds is 5. The molecule has 2 nitrogen and oxygen atoms in total. The van der Waals surface area contributed by atoms with Crippen molar-refractivity contribution in [3.8, 4) is 0 Å². The van der Waals surface area contributed by atoms with Crippen LogP contribution in [0.3, 0.4) is 0 Å². The Labute approximate surface area is 113 Å². The van der Waals surface area contributed by atoms with Gasteiger partial charge in [0.25, 0.3) is 0 Å². The van der Waals surface area contributed by atoms with Crippen LogP contribution >= 0.6 is 0 Å². The van der Waals surface area contributed by atoms with Gasteiger partial charge in [-0.1, -0.05) is 32.6 Å². The molecule has 2 N–H and O–H groups in total. The van der Waals surface area contributed by atoms with Gasteiger partial charge in [-0.3, -0.25) is 0 Å². The van der Waals surface area contributed by atoms with E-state index in [1.165, 1.54) is 57.9 Å². The first-order chi connectivity index (χ1) is 8.79. The molecule has 2 rings (SSSR count). The summed E-state index contributed by atoms with van der Waals surface area (Å²) in [5.41, 5.74) is 0. The lowest BCUT2D eigenvalue weighted by molar-refractivity contribution is 0.161. The van der Waals surface area contributed by atoms with Gasteiger partial charge in [0.1, 0.15) is 0 Å². The zero-order valence-electron chi connectivity index (χ0n) is 12.0. The van der Waals surface area contributed by atoms with Gasteiger partial charge in [-0.05, 0) is 56.4 Å². The normalized spacial score (nSPS) is 34.7. The zero-order chi connectivity index (χ0) is 12.8. The van der Waals surface area contributed by atoms with E-state index < -0.39 is 0 Å². The van der Waals surface area contributed by atoms with Crippen LogP contribution in [0.2, 0.25) is 0 Å². The molecule has 18 heavy (non-hydrogen) atoms. The molecular weight excluding hydrogens is 222 g/mol. The number of hydrogen-bond acceptors (Lipinski definition) is 2. The molecule has 3 atom stereocenters. The number of hydrogen-bond donors (Lipinski definition) is 2. The van der Waals surface area contributed by atoms with Crippen LogP contribution in [0.15, 0.2) is 0 Å². The van der Waals surface area contributed by atoms with E-state index >= 15 is 0 Å². The minimum atomic E-state index is 0.362. The molecule has 0 aromatic heterocycles. The third-order valence-corrected chi connectivity index (χ3v) is 5.15. The molecule has 2 aliphatic carbocycles. The molecule has 2 heteroatoms. The summed E-state index contributed by atoms with van der Waals surface area (Å²) in [5.74, 6) is 2.50. The largest absolute Gasteiger partial charge is 0.396 e. The topological polar surface area (TPSA) is 32.3 Å². The lowest BCUT2D eigenvalue weighted by Gasteiger charge is -2.36. The van der Waals surface area contributed by atoms with E-state index in [1.54, 1.807) is 0 Å². The van der Waals surface area contributed by atoms with Crippen LogP contribution in [-0.4, -0.2) is 24.3 Å². The van der Waals surface area contributed by atoms with Gasteiger partial charge in [0.15, 0.2) is 0 Å². The second-order valence-electron chi connectivity index (χ2n) is 6.71. The van der Waals surface area contributed by atoms with Crippen LogP contribution in [0.4, 0.5) is 0 Å². The van der Waals surface area contributed by atoms with E-state index in [0.29, 0.717) is 12.6 Å². The number of aliphatic hydroxyl groups is 1.